The molecule has 0 bridgehead atoms. The maximum atomic E-state index is 11.3. The summed E-state index contributed by atoms with van der Waals surface area (Å²) in [4.78, 5) is 11.3. The average Bonchev–Trinajstić information content (AvgIpc) is 2.66. The Balaban J connectivity index is 2.61. The minimum absolute atomic E-state index is 0.242. The molecule has 1 aromatic heterocycles. The molecule has 1 aromatic carbocycles. The number of rotatable bonds is 3. The third-order valence-electron chi connectivity index (χ3n) is 2.88. The Morgan fingerprint density at radius 2 is 1.89 bits per heavy atom. The summed E-state index contributed by atoms with van der Waals surface area (Å²) in [5.41, 5.74) is 2.74. The van der Waals surface area contributed by atoms with Gasteiger partial charge >= 0.3 is 5.97 Å². The normalized spacial score (nSPS) is 10.8. The van der Waals surface area contributed by atoms with E-state index in [9.17, 15) is 4.79 Å². The third kappa shape index (κ3) is 2.67. The van der Waals surface area contributed by atoms with Gasteiger partial charge in [-0.25, -0.2) is 4.68 Å². The number of carbonyl (C=O) groups excluding carboxylic acids is 1. The first-order chi connectivity index (χ1) is 9.00. The standard InChI is InChI=1S/C15H18N2O2/c1-10(2)14-11(3)16-17(15(14)19-12(4)18)13-8-6-5-7-9-13/h5-10H,1-4H3. The maximum Gasteiger partial charge on any atom is 0.309 e. The molecule has 2 aromatic rings. The van der Waals surface area contributed by atoms with E-state index < -0.39 is 0 Å². The van der Waals surface area contributed by atoms with Crippen LogP contribution < -0.4 is 4.74 Å². The minimum atomic E-state index is -0.334. The molecule has 0 aliphatic rings. The largest absolute Gasteiger partial charge is 0.407 e. The number of ether oxygens (including phenoxy) is 1. The van der Waals surface area contributed by atoms with Crippen molar-refractivity contribution in [3.63, 3.8) is 0 Å². The number of para-hydroxylation sites is 1. The van der Waals surface area contributed by atoms with E-state index in [1.54, 1.807) is 4.68 Å². The maximum absolute atomic E-state index is 11.3. The van der Waals surface area contributed by atoms with Crippen LogP contribution >= 0.6 is 0 Å². The van der Waals surface area contributed by atoms with E-state index in [1.165, 1.54) is 6.92 Å². The molecule has 0 fully saturated rings. The van der Waals surface area contributed by atoms with E-state index in [-0.39, 0.29) is 11.9 Å². The van der Waals surface area contributed by atoms with Crippen molar-refractivity contribution in [2.45, 2.75) is 33.6 Å². The quantitative estimate of drug-likeness (QED) is 0.794. The summed E-state index contributed by atoms with van der Waals surface area (Å²) < 4.78 is 7.06. The van der Waals surface area contributed by atoms with Crippen molar-refractivity contribution in [3.8, 4) is 11.6 Å². The van der Waals surface area contributed by atoms with E-state index in [4.69, 9.17) is 4.74 Å². The molecular weight excluding hydrogens is 240 g/mol. The van der Waals surface area contributed by atoms with Gasteiger partial charge in [-0.3, -0.25) is 4.79 Å². The van der Waals surface area contributed by atoms with Crippen LogP contribution in [0.4, 0.5) is 0 Å². The lowest BCUT2D eigenvalue weighted by atomic mass is 10.0. The molecule has 4 nitrogen and oxygen atoms in total. The first kappa shape index (κ1) is 13.3. The molecule has 0 aliphatic carbocycles. The molecule has 0 spiro atoms. The van der Waals surface area contributed by atoms with E-state index in [2.05, 4.69) is 18.9 Å². The SMILES string of the molecule is CC(=O)Oc1c(C(C)C)c(C)nn1-c1ccccc1. The van der Waals surface area contributed by atoms with E-state index in [1.807, 2.05) is 37.3 Å². The summed E-state index contributed by atoms with van der Waals surface area (Å²) in [6, 6.07) is 9.67. The molecule has 0 N–H and O–H groups in total. The fourth-order valence-corrected chi connectivity index (χ4v) is 2.16. The van der Waals surface area contributed by atoms with Gasteiger partial charge in [0.2, 0.25) is 5.88 Å². The number of hydrogen-bond acceptors (Lipinski definition) is 3. The monoisotopic (exact) mass is 258 g/mol. The van der Waals surface area contributed by atoms with Crippen LogP contribution in [0.15, 0.2) is 30.3 Å². The lowest BCUT2D eigenvalue weighted by molar-refractivity contribution is -0.132. The lowest BCUT2D eigenvalue weighted by Gasteiger charge is -2.10. The van der Waals surface area contributed by atoms with Crippen molar-refractivity contribution in [1.82, 2.24) is 9.78 Å². The van der Waals surface area contributed by atoms with Gasteiger partial charge in [0.05, 0.1) is 11.4 Å². The second-order valence-electron chi connectivity index (χ2n) is 4.80. The molecule has 0 radical (unpaired) electrons. The minimum Gasteiger partial charge on any atom is -0.407 e. The van der Waals surface area contributed by atoms with Crippen LogP contribution in [-0.4, -0.2) is 15.7 Å². The molecule has 100 valence electrons. The van der Waals surface area contributed by atoms with Crippen LogP contribution in [0.3, 0.4) is 0 Å². The van der Waals surface area contributed by atoms with Gasteiger partial charge in [-0.2, -0.15) is 5.10 Å². The van der Waals surface area contributed by atoms with Gasteiger partial charge in [-0.05, 0) is 25.0 Å². The van der Waals surface area contributed by atoms with Crippen LogP contribution in [0.1, 0.15) is 37.9 Å². The van der Waals surface area contributed by atoms with Gasteiger partial charge < -0.3 is 4.74 Å². The Labute approximate surface area is 113 Å². The van der Waals surface area contributed by atoms with E-state index in [0.29, 0.717) is 5.88 Å². The molecule has 4 heteroatoms. The van der Waals surface area contributed by atoms with Crippen LogP contribution in [0, 0.1) is 6.92 Å². The highest BCUT2D eigenvalue weighted by Gasteiger charge is 2.21. The second-order valence-corrected chi connectivity index (χ2v) is 4.80. The van der Waals surface area contributed by atoms with Crippen molar-refractivity contribution in [2.24, 2.45) is 0 Å². The summed E-state index contributed by atoms with van der Waals surface area (Å²) in [6.07, 6.45) is 0. The Bertz CT molecular complexity index is 586. The van der Waals surface area contributed by atoms with Crippen molar-refractivity contribution >= 4 is 5.97 Å². The van der Waals surface area contributed by atoms with Crippen LogP contribution in [0.25, 0.3) is 5.69 Å². The van der Waals surface area contributed by atoms with Crippen molar-refractivity contribution in [1.29, 1.82) is 0 Å². The summed E-state index contributed by atoms with van der Waals surface area (Å²) in [6.45, 7) is 7.46. The number of esters is 1. The van der Waals surface area contributed by atoms with Crippen molar-refractivity contribution in [3.05, 3.63) is 41.6 Å². The van der Waals surface area contributed by atoms with Crippen LogP contribution in [-0.2, 0) is 4.79 Å². The molecule has 0 saturated heterocycles. The number of carbonyl (C=O) groups is 1. The Morgan fingerprint density at radius 1 is 1.26 bits per heavy atom. The average molecular weight is 258 g/mol. The Morgan fingerprint density at radius 3 is 2.42 bits per heavy atom. The first-order valence-corrected chi connectivity index (χ1v) is 6.34. The predicted molar refractivity (Wildman–Crippen MR) is 73.7 cm³/mol. The van der Waals surface area contributed by atoms with Crippen molar-refractivity contribution < 1.29 is 9.53 Å². The zero-order chi connectivity index (χ0) is 14.0. The molecule has 0 amide bonds. The Kier molecular flexibility index (Phi) is 3.69. The topological polar surface area (TPSA) is 44.1 Å². The molecular formula is C15H18N2O2. The number of hydrogen-bond donors (Lipinski definition) is 0. The van der Waals surface area contributed by atoms with Gasteiger partial charge in [-0.1, -0.05) is 32.0 Å². The molecule has 1 heterocycles. The molecule has 0 unspecified atom stereocenters. The van der Waals surface area contributed by atoms with Gasteiger partial charge in [0.25, 0.3) is 0 Å². The fourth-order valence-electron chi connectivity index (χ4n) is 2.16. The van der Waals surface area contributed by atoms with Crippen molar-refractivity contribution in [2.75, 3.05) is 0 Å². The highest BCUT2D eigenvalue weighted by molar-refractivity contribution is 5.69. The summed E-state index contributed by atoms with van der Waals surface area (Å²) >= 11 is 0. The summed E-state index contributed by atoms with van der Waals surface area (Å²) in [5.74, 6) is 0.428. The number of nitrogens with zero attached hydrogens (tertiary/aromatic N) is 2. The van der Waals surface area contributed by atoms with E-state index >= 15 is 0 Å². The van der Waals surface area contributed by atoms with E-state index in [0.717, 1.165) is 16.9 Å². The van der Waals surface area contributed by atoms with Gasteiger partial charge in [0.15, 0.2) is 0 Å². The Hall–Kier alpha value is -2.10. The number of benzene rings is 1. The zero-order valence-corrected chi connectivity index (χ0v) is 11.7. The predicted octanol–water partition coefficient (Wildman–Crippen LogP) is 3.23. The van der Waals surface area contributed by atoms with Gasteiger partial charge in [0.1, 0.15) is 0 Å². The highest BCUT2D eigenvalue weighted by atomic mass is 16.5. The number of aryl methyl sites for hydroxylation is 1. The van der Waals surface area contributed by atoms with Gasteiger partial charge in [0, 0.05) is 12.5 Å². The lowest BCUT2D eigenvalue weighted by Crippen LogP contribution is -2.09. The summed E-state index contributed by atoms with van der Waals surface area (Å²) in [5, 5.41) is 4.49. The highest BCUT2D eigenvalue weighted by Crippen LogP contribution is 2.32. The molecule has 2 rings (SSSR count). The van der Waals surface area contributed by atoms with Crippen LogP contribution in [0.2, 0.25) is 0 Å². The molecule has 19 heavy (non-hydrogen) atoms. The smallest absolute Gasteiger partial charge is 0.309 e. The first-order valence-electron chi connectivity index (χ1n) is 6.34. The molecule has 0 saturated carbocycles. The van der Waals surface area contributed by atoms with Crippen LogP contribution in [0.5, 0.6) is 5.88 Å². The second kappa shape index (κ2) is 5.26. The summed E-state index contributed by atoms with van der Waals surface area (Å²) in [7, 11) is 0. The zero-order valence-electron chi connectivity index (χ0n) is 11.7. The molecule has 0 atom stereocenters. The van der Waals surface area contributed by atoms with Gasteiger partial charge in [-0.15, -0.1) is 0 Å². The molecule has 0 aliphatic heterocycles. The fraction of sp³-hybridized carbons (Fsp3) is 0.333. The third-order valence-corrected chi connectivity index (χ3v) is 2.88. The number of aromatic nitrogens is 2.